The summed E-state index contributed by atoms with van der Waals surface area (Å²) in [5, 5.41) is 8.61. The van der Waals surface area contributed by atoms with Crippen LogP contribution in [0.4, 0.5) is 4.39 Å². The highest BCUT2D eigenvalue weighted by Gasteiger charge is 2.02. The molecule has 1 N–H and O–H groups in total. The summed E-state index contributed by atoms with van der Waals surface area (Å²) in [6, 6.07) is 1.36. The zero-order valence-electron chi connectivity index (χ0n) is 6.04. The molecule has 60 valence electrons. The van der Waals surface area contributed by atoms with Crippen LogP contribution >= 0.6 is 0 Å². The lowest BCUT2D eigenvalue weighted by atomic mass is 10.3. The van der Waals surface area contributed by atoms with Crippen LogP contribution in [-0.4, -0.2) is 17.2 Å². The minimum absolute atomic E-state index is 0.101. The van der Waals surface area contributed by atoms with Gasteiger partial charge in [0.05, 0.1) is 25.6 Å². The zero-order chi connectivity index (χ0) is 8.27. The maximum Gasteiger partial charge on any atom is 0.183 e. The van der Waals surface area contributed by atoms with Gasteiger partial charge in [0.1, 0.15) is 0 Å². The van der Waals surface area contributed by atoms with E-state index in [1.165, 1.54) is 13.2 Å². The van der Waals surface area contributed by atoms with Crippen LogP contribution in [0.3, 0.4) is 0 Å². The first-order chi connectivity index (χ1) is 5.27. The Morgan fingerprint density at radius 3 is 3.00 bits per heavy atom. The zero-order valence-corrected chi connectivity index (χ0v) is 6.04. The number of hydrogen-bond acceptors (Lipinski definition) is 3. The highest BCUT2D eigenvalue weighted by molar-refractivity contribution is 5.24. The Bertz CT molecular complexity index is 252. The van der Waals surface area contributed by atoms with Crippen molar-refractivity contribution in [2.45, 2.75) is 6.61 Å². The summed E-state index contributed by atoms with van der Waals surface area (Å²) in [6.45, 7) is -0.212. The Hall–Kier alpha value is -1.16. The van der Waals surface area contributed by atoms with E-state index in [4.69, 9.17) is 5.11 Å². The fraction of sp³-hybridized carbons (Fsp3) is 0.286. The number of aliphatic hydroxyl groups is 1. The van der Waals surface area contributed by atoms with Crippen LogP contribution in [0.15, 0.2) is 12.3 Å². The SMILES string of the molecule is COc1cc(CO)ncc1F. The van der Waals surface area contributed by atoms with Gasteiger partial charge in [-0.3, -0.25) is 4.98 Å². The number of nitrogens with zero attached hydrogens (tertiary/aromatic N) is 1. The number of pyridine rings is 1. The van der Waals surface area contributed by atoms with Gasteiger partial charge in [-0.25, -0.2) is 4.39 Å². The monoisotopic (exact) mass is 157 g/mol. The van der Waals surface area contributed by atoms with Gasteiger partial charge in [-0.1, -0.05) is 0 Å². The van der Waals surface area contributed by atoms with Crippen molar-refractivity contribution in [2.75, 3.05) is 7.11 Å². The van der Waals surface area contributed by atoms with Crippen LogP contribution in [0, 0.1) is 5.82 Å². The fourth-order valence-corrected chi connectivity index (χ4v) is 0.704. The van der Waals surface area contributed by atoms with Gasteiger partial charge in [0.15, 0.2) is 11.6 Å². The highest BCUT2D eigenvalue weighted by atomic mass is 19.1. The first-order valence-corrected chi connectivity index (χ1v) is 3.07. The van der Waals surface area contributed by atoms with Crippen molar-refractivity contribution >= 4 is 0 Å². The van der Waals surface area contributed by atoms with Crippen molar-refractivity contribution < 1.29 is 14.2 Å². The Kier molecular flexibility index (Phi) is 2.38. The van der Waals surface area contributed by atoms with Crippen LogP contribution in [0.2, 0.25) is 0 Å². The van der Waals surface area contributed by atoms with E-state index in [1.54, 1.807) is 0 Å². The van der Waals surface area contributed by atoms with E-state index in [9.17, 15) is 4.39 Å². The molecule has 0 unspecified atom stereocenters. The molecular formula is C7H8FNO2. The second-order valence-electron chi connectivity index (χ2n) is 1.97. The summed E-state index contributed by atoms with van der Waals surface area (Å²) in [4.78, 5) is 3.60. The average molecular weight is 157 g/mol. The second kappa shape index (κ2) is 3.30. The Morgan fingerprint density at radius 2 is 2.45 bits per heavy atom. The van der Waals surface area contributed by atoms with E-state index in [1.807, 2.05) is 0 Å². The molecule has 1 rings (SSSR count). The molecule has 0 aliphatic rings. The average Bonchev–Trinajstić information content (AvgIpc) is 2.05. The smallest absolute Gasteiger partial charge is 0.183 e. The van der Waals surface area contributed by atoms with Crippen LogP contribution < -0.4 is 4.74 Å². The van der Waals surface area contributed by atoms with Crippen molar-refractivity contribution in [1.82, 2.24) is 4.98 Å². The molecule has 4 heteroatoms. The third kappa shape index (κ3) is 1.65. The number of hydrogen-bond donors (Lipinski definition) is 1. The van der Waals surface area contributed by atoms with E-state index in [-0.39, 0.29) is 12.4 Å². The number of halogens is 1. The topological polar surface area (TPSA) is 42.4 Å². The third-order valence-electron chi connectivity index (χ3n) is 1.26. The number of aliphatic hydroxyl groups excluding tert-OH is 1. The first kappa shape index (κ1) is 7.94. The predicted octanol–water partition coefficient (Wildman–Crippen LogP) is 0.722. The molecule has 0 atom stereocenters. The molecule has 0 radical (unpaired) electrons. The number of rotatable bonds is 2. The summed E-state index contributed by atoms with van der Waals surface area (Å²) in [5.74, 6) is -0.422. The first-order valence-electron chi connectivity index (χ1n) is 3.07. The summed E-state index contributed by atoms with van der Waals surface area (Å²) in [7, 11) is 1.36. The third-order valence-corrected chi connectivity index (χ3v) is 1.26. The molecule has 0 fully saturated rings. The van der Waals surface area contributed by atoms with Crippen molar-refractivity contribution in [3.63, 3.8) is 0 Å². The minimum Gasteiger partial charge on any atom is -0.494 e. The maximum absolute atomic E-state index is 12.6. The summed E-state index contributed by atoms with van der Waals surface area (Å²) >= 11 is 0. The van der Waals surface area contributed by atoms with Crippen LogP contribution in [0.25, 0.3) is 0 Å². The summed E-state index contributed by atoms with van der Waals surface area (Å²) in [6.07, 6.45) is 1.02. The second-order valence-corrected chi connectivity index (χ2v) is 1.97. The van der Waals surface area contributed by atoms with E-state index >= 15 is 0 Å². The van der Waals surface area contributed by atoms with Gasteiger partial charge < -0.3 is 9.84 Å². The van der Waals surface area contributed by atoms with Gasteiger partial charge in [-0.2, -0.15) is 0 Å². The highest BCUT2D eigenvalue weighted by Crippen LogP contribution is 2.15. The minimum atomic E-state index is -0.523. The molecule has 1 aromatic rings. The number of aromatic nitrogens is 1. The summed E-state index contributed by atoms with van der Waals surface area (Å²) < 4.78 is 17.3. The molecule has 0 saturated carbocycles. The van der Waals surface area contributed by atoms with Crippen molar-refractivity contribution in [1.29, 1.82) is 0 Å². The lowest BCUT2D eigenvalue weighted by molar-refractivity contribution is 0.275. The van der Waals surface area contributed by atoms with Crippen molar-refractivity contribution in [3.05, 3.63) is 23.8 Å². The van der Waals surface area contributed by atoms with Crippen molar-refractivity contribution in [2.24, 2.45) is 0 Å². The Balaban J connectivity index is 3.02. The van der Waals surface area contributed by atoms with Crippen LogP contribution in [-0.2, 0) is 6.61 Å². The van der Waals surface area contributed by atoms with E-state index in [2.05, 4.69) is 9.72 Å². The molecule has 0 saturated heterocycles. The Morgan fingerprint density at radius 1 is 1.73 bits per heavy atom. The van der Waals surface area contributed by atoms with Gasteiger partial charge in [0, 0.05) is 6.07 Å². The molecule has 3 nitrogen and oxygen atoms in total. The van der Waals surface area contributed by atoms with Crippen LogP contribution in [0.1, 0.15) is 5.69 Å². The van der Waals surface area contributed by atoms with Gasteiger partial charge >= 0.3 is 0 Å². The largest absolute Gasteiger partial charge is 0.494 e. The maximum atomic E-state index is 12.6. The Labute approximate surface area is 63.5 Å². The molecule has 11 heavy (non-hydrogen) atoms. The standard InChI is InChI=1S/C7H8FNO2/c1-11-7-2-5(4-10)9-3-6(7)8/h2-3,10H,4H2,1H3. The number of ether oxygens (including phenoxy) is 1. The fourth-order valence-electron chi connectivity index (χ4n) is 0.704. The normalized spacial score (nSPS) is 9.73. The number of methoxy groups -OCH3 is 1. The molecule has 0 bridgehead atoms. The molecule has 0 aromatic carbocycles. The molecule has 0 amide bonds. The molecule has 0 spiro atoms. The molecule has 0 aliphatic carbocycles. The molecular weight excluding hydrogens is 149 g/mol. The van der Waals surface area contributed by atoms with Gasteiger partial charge in [0.2, 0.25) is 0 Å². The predicted molar refractivity (Wildman–Crippen MR) is 36.7 cm³/mol. The van der Waals surface area contributed by atoms with Crippen molar-refractivity contribution in [3.8, 4) is 5.75 Å². The van der Waals surface area contributed by atoms with Gasteiger partial charge in [-0.15, -0.1) is 0 Å². The lowest BCUT2D eigenvalue weighted by Gasteiger charge is -2.01. The van der Waals surface area contributed by atoms with Gasteiger partial charge in [0.25, 0.3) is 0 Å². The van der Waals surface area contributed by atoms with E-state index in [0.717, 1.165) is 6.20 Å². The molecule has 1 aromatic heterocycles. The molecule has 1 heterocycles. The van der Waals surface area contributed by atoms with Gasteiger partial charge in [-0.05, 0) is 0 Å². The van der Waals surface area contributed by atoms with E-state index < -0.39 is 5.82 Å². The summed E-state index contributed by atoms with van der Waals surface area (Å²) in [5.41, 5.74) is 0.392. The quantitative estimate of drug-likeness (QED) is 0.687. The molecule has 0 aliphatic heterocycles. The van der Waals surface area contributed by atoms with Crippen LogP contribution in [0.5, 0.6) is 5.75 Å². The van der Waals surface area contributed by atoms with E-state index in [0.29, 0.717) is 5.69 Å². The lowest BCUT2D eigenvalue weighted by Crippen LogP contribution is -1.94.